The van der Waals surface area contributed by atoms with Gasteiger partial charge in [0.1, 0.15) is 10.6 Å². The summed E-state index contributed by atoms with van der Waals surface area (Å²) in [6.07, 6.45) is 0.488. The van der Waals surface area contributed by atoms with Crippen LogP contribution in [0.5, 0.6) is 5.75 Å². The molecule has 5 heteroatoms. The Labute approximate surface area is 65.4 Å². The number of ether oxygens (including phenoxy) is 1. The van der Waals surface area contributed by atoms with Crippen molar-refractivity contribution in [1.82, 2.24) is 0 Å². The lowest BCUT2D eigenvalue weighted by Gasteiger charge is -2.00. The molecule has 60 valence electrons. The Morgan fingerprint density at radius 1 is 1.64 bits per heavy atom. The summed E-state index contributed by atoms with van der Waals surface area (Å²) in [5, 5.41) is 1.52. The van der Waals surface area contributed by atoms with E-state index in [-0.39, 0.29) is 10.6 Å². The first-order valence-corrected chi connectivity index (χ1v) is 3.59. The molecule has 1 heterocycles. The molecule has 0 aliphatic carbocycles. The molecule has 2 nitrogen and oxygen atoms in total. The molecule has 0 aliphatic heterocycles. The molecule has 0 radical (unpaired) electrons. The monoisotopic (exact) mass is 178 g/mol. The summed E-state index contributed by atoms with van der Waals surface area (Å²) < 4.78 is 27.2. The van der Waals surface area contributed by atoms with Crippen LogP contribution in [-0.4, -0.2) is 12.9 Å². The van der Waals surface area contributed by atoms with E-state index in [0.717, 1.165) is 11.3 Å². The molecule has 0 unspecified atom stereocenters. The number of hydrogen-bond donors (Lipinski definition) is 0. The fourth-order valence-corrected chi connectivity index (χ4v) is 1.21. The van der Waals surface area contributed by atoms with Crippen LogP contribution in [0, 0.1) is 0 Å². The number of alkyl halides is 2. The molecule has 1 aromatic heterocycles. The maximum absolute atomic E-state index is 11.6. The van der Waals surface area contributed by atoms with Gasteiger partial charge < -0.3 is 4.74 Å². The first-order chi connectivity index (χ1) is 5.24. The normalized spacial score (nSPS) is 10.1. The van der Waals surface area contributed by atoms with E-state index in [0.29, 0.717) is 6.29 Å². The third-order valence-corrected chi connectivity index (χ3v) is 1.80. The lowest BCUT2D eigenvalue weighted by Crippen LogP contribution is -2.02. The second-order valence-corrected chi connectivity index (χ2v) is 2.59. The molecular formula is C6H4F2O2S. The molecule has 0 fully saturated rings. The van der Waals surface area contributed by atoms with E-state index in [1.54, 1.807) is 0 Å². The zero-order valence-corrected chi connectivity index (χ0v) is 6.11. The van der Waals surface area contributed by atoms with Gasteiger partial charge in [-0.15, -0.1) is 11.3 Å². The summed E-state index contributed by atoms with van der Waals surface area (Å²) in [5.74, 6) is -0.0556. The van der Waals surface area contributed by atoms with Crippen molar-refractivity contribution in [2.75, 3.05) is 0 Å². The van der Waals surface area contributed by atoms with E-state index in [2.05, 4.69) is 4.74 Å². The van der Waals surface area contributed by atoms with Gasteiger partial charge in [-0.25, -0.2) is 0 Å². The zero-order valence-electron chi connectivity index (χ0n) is 5.29. The van der Waals surface area contributed by atoms with Crippen LogP contribution in [0.25, 0.3) is 0 Å². The van der Waals surface area contributed by atoms with Gasteiger partial charge in [0, 0.05) is 0 Å². The van der Waals surface area contributed by atoms with Crippen molar-refractivity contribution in [2.24, 2.45) is 0 Å². The van der Waals surface area contributed by atoms with E-state index in [9.17, 15) is 13.6 Å². The molecule has 0 aromatic carbocycles. The maximum atomic E-state index is 11.6. The molecule has 0 N–H and O–H groups in total. The number of halogens is 2. The molecule has 0 bridgehead atoms. The van der Waals surface area contributed by atoms with E-state index >= 15 is 0 Å². The van der Waals surface area contributed by atoms with Gasteiger partial charge in [0.05, 0.1) is 0 Å². The van der Waals surface area contributed by atoms with Gasteiger partial charge in [0.15, 0.2) is 6.29 Å². The van der Waals surface area contributed by atoms with Crippen LogP contribution in [0.15, 0.2) is 11.4 Å². The lowest BCUT2D eigenvalue weighted by molar-refractivity contribution is -0.0497. The highest BCUT2D eigenvalue weighted by Crippen LogP contribution is 2.23. The molecule has 0 saturated heterocycles. The molecular weight excluding hydrogens is 174 g/mol. The first kappa shape index (κ1) is 8.13. The van der Waals surface area contributed by atoms with Gasteiger partial charge in [-0.2, -0.15) is 8.78 Å². The van der Waals surface area contributed by atoms with Gasteiger partial charge in [-0.1, -0.05) is 0 Å². The van der Waals surface area contributed by atoms with Gasteiger partial charge in [-0.05, 0) is 11.4 Å². The van der Waals surface area contributed by atoms with Crippen LogP contribution in [0.4, 0.5) is 8.78 Å². The van der Waals surface area contributed by atoms with Crippen molar-refractivity contribution in [2.45, 2.75) is 6.61 Å². The van der Waals surface area contributed by atoms with Crippen LogP contribution in [0.2, 0.25) is 0 Å². The molecule has 0 saturated carbocycles. The predicted molar refractivity (Wildman–Crippen MR) is 36.3 cm³/mol. The van der Waals surface area contributed by atoms with Gasteiger partial charge in [0.2, 0.25) is 0 Å². The SMILES string of the molecule is O=Cc1sccc1OC(F)F. The van der Waals surface area contributed by atoms with E-state index in [4.69, 9.17) is 0 Å². The third kappa shape index (κ3) is 1.98. The Hall–Kier alpha value is -0.970. The van der Waals surface area contributed by atoms with Crippen molar-refractivity contribution < 1.29 is 18.3 Å². The fourth-order valence-electron chi connectivity index (χ4n) is 0.589. The summed E-state index contributed by atoms with van der Waals surface area (Å²) in [6.45, 7) is -2.87. The molecule has 0 spiro atoms. The van der Waals surface area contributed by atoms with Crippen molar-refractivity contribution >= 4 is 17.6 Å². The van der Waals surface area contributed by atoms with Gasteiger partial charge in [-0.3, -0.25) is 4.79 Å². The first-order valence-electron chi connectivity index (χ1n) is 2.71. The summed E-state index contributed by atoms with van der Waals surface area (Å²) in [7, 11) is 0. The second kappa shape index (κ2) is 3.43. The number of carbonyl (C=O) groups is 1. The quantitative estimate of drug-likeness (QED) is 0.663. The summed E-state index contributed by atoms with van der Waals surface area (Å²) >= 11 is 1.07. The summed E-state index contributed by atoms with van der Waals surface area (Å²) in [5.41, 5.74) is 0. The topological polar surface area (TPSA) is 26.3 Å². The Morgan fingerprint density at radius 2 is 2.36 bits per heavy atom. The molecule has 0 amide bonds. The van der Waals surface area contributed by atoms with Crippen LogP contribution < -0.4 is 4.74 Å². The van der Waals surface area contributed by atoms with E-state index in [1.807, 2.05) is 0 Å². The van der Waals surface area contributed by atoms with Gasteiger partial charge >= 0.3 is 6.61 Å². The summed E-state index contributed by atoms with van der Waals surface area (Å²) in [6, 6.07) is 1.33. The smallest absolute Gasteiger partial charge is 0.387 e. The van der Waals surface area contributed by atoms with Crippen molar-refractivity contribution in [1.29, 1.82) is 0 Å². The largest absolute Gasteiger partial charge is 0.433 e. The van der Waals surface area contributed by atoms with Crippen LogP contribution in [-0.2, 0) is 0 Å². The Kier molecular flexibility index (Phi) is 2.53. The number of hydrogen-bond acceptors (Lipinski definition) is 3. The van der Waals surface area contributed by atoms with Crippen LogP contribution >= 0.6 is 11.3 Å². The second-order valence-electron chi connectivity index (χ2n) is 1.65. The predicted octanol–water partition coefficient (Wildman–Crippen LogP) is 2.16. The average Bonchev–Trinajstić information content (AvgIpc) is 2.34. The maximum Gasteiger partial charge on any atom is 0.387 e. The highest BCUT2D eigenvalue weighted by atomic mass is 32.1. The Bertz CT molecular complexity index is 246. The fraction of sp³-hybridized carbons (Fsp3) is 0.167. The van der Waals surface area contributed by atoms with Crippen molar-refractivity contribution in [3.05, 3.63) is 16.3 Å². The highest BCUT2D eigenvalue weighted by molar-refractivity contribution is 7.12. The third-order valence-electron chi connectivity index (χ3n) is 0.980. The number of carbonyl (C=O) groups excluding carboxylic acids is 1. The number of thiophene rings is 1. The van der Waals surface area contributed by atoms with Crippen LogP contribution in [0.1, 0.15) is 9.67 Å². The minimum absolute atomic E-state index is 0.0556. The Balaban J connectivity index is 2.76. The molecule has 0 atom stereocenters. The zero-order chi connectivity index (χ0) is 8.27. The lowest BCUT2D eigenvalue weighted by atomic mass is 10.5. The minimum Gasteiger partial charge on any atom is -0.433 e. The summed E-state index contributed by atoms with van der Waals surface area (Å²) in [4.78, 5) is 10.3. The molecule has 0 aliphatic rings. The van der Waals surface area contributed by atoms with Crippen LogP contribution in [0.3, 0.4) is 0 Å². The number of rotatable bonds is 3. The van der Waals surface area contributed by atoms with Crippen molar-refractivity contribution in [3.8, 4) is 5.75 Å². The Morgan fingerprint density at radius 3 is 2.91 bits per heavy atom. The van der Waals surface area contributed by atoms with E-state index < -0.39 is 6.61 Å². The molecule has 11 heavy (non-hydrogen) atoms. The number of aldehydes is 1. The van der Waals surface area contributed by atoms with Gasteiger partial charge in [0.25, 0.3) is 0 Å². The minimum atomic E-state index is -2.87. The molecule has 1 rings (SSSR count). The van der Waals surface area contributed by atoms with Crippen molar-refractivity contribution in [3.63, 3.8) is 0 Å². The molecule has 1 aromatic rings. The standard InChI is InChI=1S/C6H4F2O2S/c7-6(8)10-4-1-2-11-5(4)3-9/h1-3,6H. The van der Waals surface area contributed by atoms with E-state index in [1.165, 1.54) is 11.4 Å². The highest BCUT2D eigenvalue weighted by Gasteiger charge is 2.09. The average molecular weight is 178 g/mol.